The average Bonchev–Trinajstić information content (AvgIpc) is 1.67. The summed E-state index contributed by atoms with van der Waals surface area (Å²) >= 11 is 3.27. The maximum atomic E-state index is 12.6. The van der Waals surface area contributed by atoms with Crippen molar-refractivity contribution >= 4 is 150 Å². The van der Waals surface area contributed by atoms with Crippen molar-refractivity contribution in [1.82, 2.24) is 44.9 Å². The Morgan fingerprint density at radius 1 is 0.480 bits per heavy atom. The molecule has 7 amide bonds. The summed E-state index contributed by atoms with van der Waals surface area (Å²) in [5.74, 6) is -2.48. The Hall–Kier alpha value is -6.35. The minimum absolute atomic E-state index is 0. The SMILES string of the molecule is C1CCOC1.CC(=O)OOC(C)=O.CC(C)=CCBr.CCOC(=O)C1(CC=C(C)C)CCCN(C(=O)OC(C)(C)C)C1.CCOC(=O)C1(CC=O)CCCN(C(=O)OC(C)(C)C)C1.CCOC(=O)C1(CCNC)CCCN(C(=O)OC(C)(C)C)C1.CCOC(=O)C1CCCN(C(=O)OC(C)(C)C)C1.CN.CN1CCC2(CCCN(C(=O)OC(C)(C)C)C2)C1=O.CN1CCC2(CCCNC2)C1=O.C[CH-]C.Cl.[B-]OC(C)=O.[Br-].[Mg+2].[Na+]. The zero-order valence-corrected chi connectivity index (χ0v) is 104. The molecule has 9 aliphatic rings. The van der Waals surface area contributed by atoms with Crippen LogP contribution in [0.15, 0.2) is 23.3 Å². The van der Waals surface area contributed by atoms with Crippen molar-refractivity contribution in [2.24, 2.45) is 38.7 Å². The van der Waals surface area contributed by atoms with Crippen molar-refractivity contribution in [2.45, 2.75) is 344 Å². The molecule has 6 atom stereocenters. The smallest absolute Gasteiger partial charge is 1.00 e. The van der Waals surface area contributed by atoms with Crippen LogP contribution in [-0.4, -0.2) is 355 Å². The quantitative estimate of drug-likeness (QED) is 0.0149. The third-order valence-electron chi connectivity index (χ3n) is 22.6. The second-order valence-corrected chi connectivity index (χ2v) is 42.8. The van der Waals surface area contributed by atoms with E-state index in [0.29, 0.717) is 117 Å². The van der Waals surface area contributed by atoms with Crippen LogP contribution < -0.4 is 62.9 Å². The Bertz CT molecular complexity index is 3900. The first-order chi connectivity index (χ1) is 67.0. The van der Waals surface area contributed by atoms with Gasteiger partial charge in [0.15, 0.2) is 0 Å². The maximum absolute atomic E-state index is 12.6. The predicted molar refractivity (Wildman–Crippen MR) is 570 cm³/mol. The van der Waals surface area contributed by atoms with Gasteiger partial charge in [0.1, 0.15) is 34.3 Å². The van der Waals surface area contributed by atoms with E-state index in [9.17, 15) is 71.9 Å². The first-order valence-corrected chi connectivity index (χ1v) is 51.9. The van der Waals surface area contributed by atoms with Crippen LogP contribution in [0.5, 0.6) is 0 Å². The van der Waals surface area contributed by atoms with E-state index in [1.54, 1.807) is 73.0 Å². The molecule has 9 rings (SSSR count). The summed E-state index contributed by atoms with van der Waals surface area (Å²) in [6.45, 7) is 63.0. The average molecular weight is 2280 g/mol. The second-order valence-electron chi connectivity index (χ2n) is 42.1. The molecule has 4 N–H and O–H groups in total. The number of hydrogen-bond acceptors (Lipinski definition) is 31. The summed E-state index contributed by atoms with van der Waals surface area (Å²) in [6.07, 6.45) is 20.6. The fraction of sp³-hybridized carbons (Fsp3) is 0.808. The van der Waals surface area contributed by atoms with Gasteiger partial charge < -0.3 is 139 Å². The zero-order valence-electron chi connectivity index (χ0n) is 96.5. The number of esters is 4. The summed E-state index contributed by atoms with van der Waals surface area (Å²) in [5, 5.41) is 7.38. The third kappa shape index (κ3) is 65.4. The zero-order chi connectivity index (χ0) is 111. The fourth-order valence-corrected chi connectivity index (χ4v) is 16.6. The number of carbonyl (C=O) groups is 15. The molecule has 38 nitrogen and oxygen atoms in total. The van der Waals surface area contributed by atoms with Gasteiger partial charge in [-0.05, 0) is 302 Å². The van der Waals surface area contributed by atoms with E-state index >= 15 is 0 Å². The van der Waals surface area contributed by atoms with Crippen molar-refractivity contribution < 1.29 is 180 Å². The van der Waals surface area contributed by atoms with Gasteiger partial charge in [0, 0.05) is 145 Å². The molecule has 44 heteroatoms. The first-order valence-electron chi connectivity index (χ1n) is 50.8. The number of allylic oxidation sites excluding steroid dienone is 4. The van der Waals surface area contributed by atoms with E-state index in [1.807, 2.05) is 143 Å². The monoisotopic (exact) mass is 2280 g/mol. The van der Waals surface area contributed by atoms with Gasteiger partial charge in [-0.1, -0.05) is 39.2 Å². The molecule has 0 aromatic rings. The Morgan fingerprint density at radius 2 is 0.804 bits per heavy atom. The molecular weight excluding hydrogens is 2090 g/mol. The van der Waals surface area contributed by atoms with Crippen LogP contribution in [0.1, 0.15) is 316 Å². The van der Waals surface area contributed by atoms with Gasteiger partial charge in [-0.15, -0.1) is 12.4 Å². The first kappa shape index (κ1) is 155. The summed E-state index contributed by atoms with van der Waals surface area (Å²) in [6, 6.07) is 0. The maximum Gasteiger partial charge on any atom is 2.00 e. The van der Waals surface area contributed by atoms with E-state index in [-0.39, 0.29) is 167 Å². The number of nitrogens with two attached hydrogens (primary N) is 1. The van der Waals surface area contributed by atoms with Gasteiger partial charge in [-0.2, -0.15) is 13.8 Å². The molecule has 0 aromatic heterocycles. The number of aldehydes is 1. The van der Waals surface area contributed by atoms with Gasteiger partial charge >= 0.3 is 119 Å². The summed E-state index contributed by atoms with van der Waals surface area (Å²) in [4.78, 5) is 193. The normalized spacial score (nSPS) is 20.9. The summed E-state index contributed by atoms with van der Waals surface area (Å²) in [7, 11) is 11.4. The number of rotatable bonds is 16. The summed E-state index contributed by atoms with van der Waals surface area (Å²) in [5.41, 5.74) is 1.75. The van der Waals surface area contributed by atoms with Crippen LogP contribution in [0.3, 0.4) is 0 Å². The number of hydrogen-bond donors (Lipinski definition) is 3. The predicted octanol–water partition coefficient (Wildman–Crippen LogP) is 10.2. The Kier molecular flexibility index (Phi) is 83.1. The molecule has 9 aliphatic heterocycles. The van der Waals surface area contributed by atoms with E-state index in [2.05, 4.69) is 80.8 Å². The topological polar surface area (TPSA) is 449 Å². The van der Waals surface area contributed by atoms with Crippen molar-refractivity contribution in [3.63, 3.8) is 0 Å². The molecule has 0 saturated carbocycles. The Balaban J connectivity index is -0.000000305. The van der Waals surface area contributed by atoms with Crippen LogP contribution in [0.25, 0.3) is 0 Å². The van der Waals surface area contributed by atoms with Gasteiger partial charge in [-0.25, -0.2) is 43.3 Å². The number of alkyl halides is 1. The molecule has 0 aromatic carbocycles. The van der Waals surface area contributed by atoms with E-state index in [0.717, 1.165) is 147 Å². The summed E-state index contributed by atoms with van der Waals surface area (Å²) < 4.78 is 56.1. The Labute approximate surface area is 951 Å². The van der Waals surface area contributed by atoms with Crippen LogP contribution in [-0.2, 0) is 110 Å². The third-order valence-corrected chi connectivity index (χ3v) is 23.0. The van der Waals surface area contributed by atoms with Crippen LogP contribution in [0, 0.1) is 39.4 Å². The fourth-order valence-electron chi connectivity index (χ4n) is 16.0. The largest absolute Gasteiger partial charge is 2.00 e. The number of halogens is 3. The van der Waals surface area contributed by atoms with E-state index < -0.39 is 74.2 Å². The number of nitrogens with zero attached hydrogens (tertiary/aromatic N) is 7. The van der Waals surface area contributed by atoms with Gasteiger partial charge in [0.05, 0.1) is 59.4 Å². The number of nitrogens with one attached hydrogen (secondary N) is 2. The van der Waals surface area contributed by atoms with Crippen LogP contribution >= 0.6 is 28.3 Å². The van der Waals surface area contributed by atoms with Crippen molar-refractivity contribution in [3.05, 3.63) is 29.7 Å². The van der Waals surface area contributed by atoms with Crippen molar-refractivity contribution in [3.8, 4) is 0 Å². The number of amides is 7. The number of piperidine rings is 6. The molecule has 849 valence electrons. The van der Waals surface area contributed by atoms with Gasteiger partial charge in [0.25, 0.3) is 0 Å². The standard InChI is InChI=1S/C18H31NO4.C16H30N2O4.C15H25NO5.C14H24N2O3.C13H23NO4.C9H16N2O.C5H9Br.C4H6O4.C4H8O.C3H7.C2H3BO2.CH5N.BrH.ClH.Mg.Na/c1-7-22-15(20)18(11-9-14(2)3)10-8-12-19(13-18)16(21)23-17(4,5)6;1-6-21-13(19)16(9-10-17-5)8-7-11-18(12-16)14(20)22-15(2,3)4;1-5-20-12(18)15(8-10-17)7-6-9-16(11-15)13(19)21-14(2,3)4;1-13(2,3)19-12(18)16-8-5-6-14(10-16)7-9-15(4)11(14)17;1-5-17-11(15)10-7-6-8-14(9-10)12(16)18-13(2,3)4;1-11-6-4-9(8(11)12)3-2-5-10-7-9;1-5(2)3-4-6;1-3(5)7-8-4(2)6;1-2-4-5-3-1;1-3-2;1-2(4)5-3;1-2;;;;/h9H,7-8,10-13H2,1-6H3;17H,6-12H2,1-5H3;10H,5-9,11H2,1-4H3;5-10H2,1-4H3;10H,5-9H2,1-4H3;10H,2-7H2,1H3;3H,4H2,1-2H3;1-2H3;1-4H2;3H,1-2H3;1H3;2H2,1H3;2*1H;;/q;;;;;;;;;2*-1;;;;+2;+1/p-1. The molecule has 6 unspecified atom stereocenters. The number of ether oxygens (including phenoxy) is 10. The minimum atomic E-state index is -0.938. The number of likely N-dealkylation sites (tertiary alicyclic amines) is 7. The molecule has 0 aliphatic carbocycles. The van der Waals surface area contributed by atoms with Gasteiger partial charge in [-0.3, -0.25) is 33.6 Å². The second kappa shape index (κ2) is 79.6. The molecule has 9 fully saturated rings. The van der Waals surface area contributed by atoms with Crippen LogP contribution in [0.4, 0.5) is 24.0 Å². The van der Waals surface area contributed by atoms with E-state index in [4.69, 9.17) is 47.4 Å². The minimum Gasteiger partial charge on any atom is -1.00 e. The molecule has 0 bridgehead atoms. The molecule has 9 heterocycles. The molecule has 3 radical (unpaired) electrons. The molecule has 9 saturated heterocycles. The van der Waals surface area contributed by atoms with E-state index in [1.165, 1.54) is 37.3 Å². The van der Waals surface area contributed by atoms with Crippen molar-refractivity contribution in [1.29, 1.82) is 0 Å². The van der Waals surface area contributed by atoms with Gasteiger partial charge in [0.2, 0.25) is 17.8 Å². The Morgan fingerprint density at radius 3 is 1.09 bits per heavy atom. The van der Waals surface area contributed by atoms with Crippen LogP contribution in [0.2, 0.25) is 0 Å². The number of carbonyl (C=O) groups excluding carboxylic acids is 15. The molecular formula is C104H188BBr2ClMgN10NaO28. The van der Waals surface area contributed by atoms with Crippen molar-refractivity contribution in [2.75, 3.05) is 171 Å². The molecule has 2 spiro atoms. The molecule has 148 heavy (non-hydrogen) atoms.